The summed E-state index contributed by atoms with van der Waals surface area (Å²) in [6.45, 7) is 1.94. The number of likely N-dealkylation sites (N-methyl/N-ethyl adjacent to an activating group) is 1. The average Bonchev–Trinajstić information content (AvgIpc) is 3.48. The topological polar surface area (TPSA) is 122 Å². The van der Waals surface area contributed by atoms with Crippen LogP contribution in [-0.2, 0) is 17.4 Å². The summed E-state index contributed by atoms with van der Waals surface area (Å²) < 4.78 is 1.65. The van der Waals surface area contributed by atoms with Gasteiger partial charge in [-0.15, -0.1) is 11.3 Å². The van der Waals surface area contributed by atoms with Gasteiger partial charge in [0.1, 0.15) is 6.07 Å². The first-order chi connectivity index (χ1) is 16.8. The van der Waals surface area contributed by atoms with Gasteiger partial charge in [-0.2, -0.15) is 15.6 Å². The third-order valence-corrected chi connectivity index (χ3v) is 7.79. The van der Waals surface area contributed by atoms with E-state index in [0.717, 1.165) is 32.5 Å². The first-order valence-electron chi connectivity index (χ1n) is 10.9. The number of aromatic nitrogens is 2. The van der Waals surface area contributed by atoms with Gasteiger partial charge in [0, 0.05) is 24.4 Å². The smallest absolute Gasteiger partial charge is 0.239 e. The van der Waals surface area contributed by atoms with E-state index in [1.54, 1.807) is 24.8 Å². The standard InChI is InChI=1S/C26H21N7OS/c1-26(22-11-18(14-35-22)16-6-4-5-15(9-16)12-27)23(24(34)32(2)25(29)30-26)17-7-8-19-20(13-28)31-33(3)21(19)10-17/h4-11,14,23H,1-3H3,(H2,29,30)/t23-,26-/m1/s1. The van der Waals surface area contributed by atoms with Crippen molar-refractivity contribution in [3.05, 3.63) is 75.6 Å². The predicted octanol–water partition coefficient (Wildman–Crippen LogP) is 4.04. The molecule has 172 valence electrons. The van der Waals surface area contributed by atoms with Crippen LogP contribution in [0.15, 0.2) is 53.9 Å². The average molecular weight is 480 g/mol. The largest absolute Gasteiger partial charge is 0.345 e. The molecule has 0 unspecified atom stereocenters. The molecule has 0 radical (unpaired) electrons. The lowest BCUT2D eigenvalue weighted by atomic mass is 9.76. The zero-order chi connectivity index (χ0) is 24.9. The van der Waals surface area contributed by atoms with Gasteiger partial charge in [0.25, 0.3) is 0 Å². The molecule has 8 nitrogen and oxygen atoms in total. The Morgan fingerprint density at radius 1 is 1.11 bits per heavy atom. The van der Waals surface area contributed by atoms with Crippen molar-refractivity contribution in [1.82, 2.24) is 20.0 Å². The van der Waals surface area contributed by atoms with E-state index in [1.165, 1.54) is 16.2 Å². The molecule has 1 aliphatic heterocycles. The predicted molar refractivity (Wildman–Crippen MR) is 134 cm³/mol. The molecule has 2 atom stereocenters. The van der Waals surface area contributed by atoms with Gasteiger partial charge in [0.15, 0.2) is 11.7 Å². The molecule has 3 heterocycles. The van der Waals surface area contributed by atoms with Crippen LogP contribution in [0.2, 0.25) is 0 Å². The molecule has 1 saturated heterocycles. The van der Waals surface area contributed by atoms with E-state index in [4.69, 9.17) is 5.41 Å². The molecule has 1 aliphatic rings. The van der Waals surface area contributed by atoms with Gasteiger partial charge >= 0.3 is 0 Å². The molecule has 1 amide bonds. The third-order valence-electron chi connectivity index (χ3n) is 6.62. The van der Waals surface area contributed by atoms with E-state index in [2.05, 4.69) is 22.6 Å². The summed E-state index contributed by atoms with van der Waals surface area (Å²) in [6.07, 6.45) is 0. The fourth-order valence-corrected chi connectivity index (χ4v) is 5.76. The summed E-state index contributed by atoms with van der Waals surface area (Å²) in [5.41, 5.74) is 3.43. The van der Waals surface area contributed by atoms with Gasteiger partial charge in [-0.05, 0) is 59.3 Å². The second-order valence-electron chi connectivity index (χ2n) is 8.76. The summed E-state index contributed by atoms with van der Waals surface area (Å²) in [7, 11) is 3.36. The molecule has 4 aromatic rings. The highest BCUT2D eigenvalue weighted by Gasteiger charge is 2.49. The number of carbonyl (C=O) groups excluding carboxylic acids is 1. The Bertz CT molecular complexity index is 1600. The number of nitrogens with zero attached hydrogens (tertiary/aromatic N) is 5. The van der Waals surface area contributed by atoms with Crippen molar-refractivity contribution < 1.29 is 4.79 Å². The summed E-state index contributed by atoms with van der Waals surface area (Å²) in [5.74, 6) is -0.786. The quantitative estimate of drug-likeness (QED) is 0.459. The van der Waals surface area contributed by atoms with Crippen molar-refractivity contribution in [2.24, 2.45) is 7.05 Å². The van der Waals surface area contributed by atoms with Crippen LogP contribution in [0.25, 0.3) is 22.0 Å². The van der Waals surface area contributed by atoms with Crippen LogP contribution >= 0.6 is 11.3 Å². The van der Waals surface area contributed by atoms with E-state index < -0.39 is 11.5 Å². The van der Waals surface area contributed by atoms with E-state index in [-0.39, 0.29) is 11.9 Å². The van der Waals surface area contributed by atoms with Crippen molar-refractivity contribution in [2.45, 2.75) is 18.4 Å². The monoisotopic (exact) mass is 479 g/mol. The number of hydrogen-bond acceptors (Lipinski definition) is 6. The number of aryl methyl sites for hydroxylation is 1. The van der Waals surface area contributed by atoms with E-state index >= 15 is 0 Å². The van der Waals surface area contributed by atoms with Crippen molar-refractivity contribution >= 4 is 34.1 Å². The molecular weight excluding hydrogens is 458 g/mol. The second-order valence-corrected chi connectivity index (χ2v) is 9.67. The number of hydrogen-bond donors (Lipinski definition) is 2. The van der Waals surface area contributed by atoms with Crippen LogP contribution in [0.4, 0.5) is 0 Å². The Morgan fingerprint density at radius 3 is 2.66 bits per heavy atom. The fraction of sp³-hybridized carbons (Fsp3) is 0.192. The highest BCUT2D eigenvalue weighted by atomic mass is 32.1. The zero-order valence-corrected chi connectivity index (χ0v) is 20.1. The van der Waals surface area contributed by atoms with Crippen molar-refractivity contribution in [2.75, 3.05) is 7.05 Å². The maximum atomic E-state index is 13.6. The number of rotatable bonds is 3. The minimum atomic E-state index is -0.888. The van der Waals surface area contributed by atoms with Crippen LogP contribution in [0.1, 0.15) is 34.5 Å². The Hall–Kier alpha value is -4.47. The number of carbonyl (C=O) groups is 1. The molecule has 0 bridgehead atoms. The number of nitriles is 2. The van der Waals surface area contributed by atoms with Crippen LogP contribution in [-0.4, -0.2) is 33.6 Å². The minimum absolute atomic E-state index is 0.0311. The van der Waals surface area contributed by atoms with Crippen LogP contribution in [0.3, 0.4) is 0 Å². The maximum Gasteiger partial charge on any atom is 0.239 e. The highest BCUT2D eigenvalue weighted by molar-refractivity contribution is 7.10. The Kier molecular flexibility index (Phi) is 5.16. The van der Waals surface area contributed by atoms with Crippen LogP contribution in [0, 0.1) is 28.1 Å². The molecule has 2 N–H and O–H groups in total. The number of thiophene rings is 1. The van der Waals surface area contributed by atoms with Gasteiger partial charge in [0.05, 0.1) is 28.6 Å². The maximum absolute atomic E-state index is 13.6. The van der Waals surface area contributed by atoms with Crippen molar-refractivity contribution in [3.8, 4) is 23.3 Å². The normalized spacial score (nSPS) is 19.9. The molecule has 2 aromatic heterocycles. The molecular formula is C26H21N7OS. The Morgan fingerprint density at radius 2 is 1.91 bits per heavy atom. The molecule has 0 aliphatic carbocycles. The van der Waals surface area contributed by atoms with Crippen LogP contribution < -0.4 is 5.32 Å². The molecule has 0 saturated carbocycles. The first kappa shape index (κ1) is 22.3. The van der Waals surface area contributed by atoms with Gasteiger partial charge in [-0.1, -0.05) is 18.2 Å². The number of fused-ring (bicyclic) bond motifs is 1. The van der Waals surface area contributed by atoms with E-state index in [9.17, 15) is 15.3 Å². The zero-order valence-electron chi connectivity index (χ0n) is 19.3. The number of benzene rings is 2. The Labute approximate surface area is 206 Å². The van der Waals surface area contributed by atoms with Gasteiger partial charge in [0.2, 0.25) is 5.91 Å². The second kappa shape index (κ2) is 8.08. The molecule has 0 spiro atoms. The van der Waals surface area contributed by atoms with Gasteiger partial charge in [-0.3, -0.25) is 19.8 Å². The minimum Gasteiger partial charge on any atom is -0.345 e. The third kappa shape index (κ3) is 3.45. The number of nitrogens with one attached hydrogen (secondary N) is 2. The van der Waals surface area contributed by atoms with Crippen molar-refractivity contribution in [3.63, 3.8) is 0 Å². The highest BCUT2D eigenvalue weighted by Crippen LogP contribution is 2.45. The number of amides is 1. The molecule has 2 aromatic carbocycles. The first-order valence-corrected chi connectivity index (χ1v) is 11.8. The molecule has 35 heavy (non-hydrogen) atoms. The van der Waals surface area contributed by atoms with Crippen molar-refractivity contribution in [1.29, 1.82) is 15.9 Å². The van der Waals surface area contributed by atoms with Gasteiger partial charge in [-0.25, -0.2) is 0 Å². The lowest BCUT2D eigenvalue weighted by Gasteiger charge is -2.45. The molecule has 1 fully saturated rings. The van der Waals surface area contributed by atoms with Gasteiger partial charge < -0.3 is 5.32 Å². The molecule has 9 heteroatoms. The Balaban J connectivity index is 1.64. The van der Waals surface area contributed by atoms with Crippen LogP contribution in [0.5, 0.6) is 0 Å². The fourth-order valence-electron chi connectivity index (χ4n) is 4.70. The molecule has 5 rings (SSSR count). The lowest BCUT2D eigenvalue weighted by Crippen LogP contribution is -2.62. The summed E-state index contributed by atoms with van der Waals surface area (Å²) in [6, 6.07) is 19.3. The summed E-state index contributed by atoms with van der Waals surface area (Å²) >= 11 is 1.51. The van der Waals surface area contributed by atoms with E-state index in [0.29, 0.717) is 11.3 Å². The lowest BCUT2D eigenvalue weighted by molar-refractivity contribution is -0.131. The summed E-state index contributed by atoms with van der Waals surface area (Å²) in [5, 5.41) is 37.4. The van der Waals surface area contributed by atoms with E-state index in [1.807, 2.05) is 54.8 Å². The SMILES string of the molecule is CN1C(=N)N[C@](C)(c2cc(-c3cccc(C#N)c3)cs2)[C@H](c2ccc3c(C#N)nn(C)c3c2)C1=O. The summed E-state index contributed by atoms with van der Waals surface area (Å²) in [4.78, 5) is 15.8. The number of guanidine groups is 1.